The third-order valence-corrected chi connectivity index (χ3v) is 4.72. The van der Waals surface area contributed by atoms with Crippen molar-refractivity contribution in [1.82, 2.24) is 5.32 Å². The Labute approximate surface area is 138 Å². The fraction of sp³-hybridized carbons (Fsp3) is 0.882. The van der Waals surface area contributed by atoms with Crippen molar-refractivity contribution in [2.24, 2.45) is 11.8 Å². The average Bonchev–Trinajstić information content (AvgIpc) is 2.56. The molecule has 6 nitrogen and oxygen atoms in total. The van der Waals surface area contributed by atoms with Crippen LogP contribution in [0.4, 0.5) is 0 Å². The number of ether oxygens (including phenoxy) is 2. The van der Waals surface area contributed by atoms with Gasteiger partial charge in [0.1, 0.15) is 0 Å². The average molecular weight is 329 g/mol. The second kappa shape index (κ2) is 9.88. The predicted octanol–water partition coefficient (Wildman–Crippen LogP) is 1.65. The molecule has 0 aromatic rings. The molecule has 2 N–H and O–H groups in total. The summed E-state index contributed by atoms with van der Waals surface area (Å²) in [6.07, 6.45) is 4.35. The number of hydrogen-bond donors (Lipinski definition) is 2. The Morgan fingerprint density at radius 1 is 0.913 bits per heavy atom. The Hall–Kier alpha value is -1.14. The minimum atomic E-state index is -1.08. The number of piperidine rings is 1. The van der Waals surface area contributed by atoms with Gasteiger partial charge < -0.3 is 19.9 Å². The zero-order valence-electron chi connectivity index (χ0n) is 14.7. The molecule has 6 heteroatoms. The van der Waals surface area contributed by atoms with Crippen LogP contribution in [0.15, 0.2) is 0 Å². The molecule has 0 spiro atoms. The summed E-state index contributed by atoms with van der Waals surface area (Å²) in [5, 5.41) is 14.2. The van der Waals surface area contributed by atoms with E-state index < -0.39 is 29.9 Å². The van der Waals surface area contributed by atoms with Crippen LogP contribution in [0.25, 0.3) is 0 Å². The van der Waals surface area contributed by atoms with Gasteiger partial charge in [-0.25, -0.2) is 0 Å². The highest BCUT2D eigenvalue weighted by Gasteiger charge is 2.50. The monoisotopic (exact) mass is 329 g/mol. The zero-order valence-corrected chi connectivity index (χ0v) is 14.7. The van der Waals surface area contributed by atoms with Crippen LogP contribution >= 0.6 is 0 Å². The van der Waals surface area contributed by atoms with E-state index in [1.807, 2.05) is 0 Å². The number of methoxy groups -OCH3 is 2. The molecule has 0 radical (unpaired) electrons. The van der Waals surface area contributed by atoms with Gasteiger partial charge in [0.2, 0.25) is 0 Å². The molecule has 0 aromatic carbocycles. The number of hydrogen-bond acceptors (Lipinski definition) is 6. The van der Waals surface area contributed by atoms with Gasteiger partial charge in [-0.3, -0.25) is 9.59 Å². The van der Waals surface area contributed by atoms with Crippen LogP contribution in [-0.2, 0) is 19.1 Å². The number of rotatable bonds is 8. The van der Waals surface area contributed by atoms with Gasteiger partial charge in [0.25, 0.3) is 0 Å². The van der Waals surface area contributed by atoms with Gasteiger partial charge in [0.15, 0.2) is 0 Å². The summed E-state index contributed by atoms with van der Waals surface area (Å²) >= 11 is 0. The number of unbranched alkanes of at least 4 members (excludes halogenated alkanes) is 2. The molecule has 1 aliphatic heterocycles. The molecule has 0 aromatic heterocycles. The van der Waals surface area contributed by atoms with E-state index in [1.54, 1.807) is 0 Å². The van der Waals surface area contributed by atoms with E-state index in [2.05, 4.69) is 19.2 Å². The lowest BCUT2D eigenvalue weighted by molar-refractivity contribution is -0.166. The van der Waals surface area contributed by atoms with Crippen LogP contribution in [-0.4, -0.2) is 49.5 Å². The van der Waals surface area contributed by atoms with E-state index in [-0.39, 0.29) is 12.1 Å². The van der Waals surface area contributed by atoms with E-state index >= 15 is 0 Å². The van der Waals surface area contributed by atoms with E-state index in [0.29, 0.717) is 0 Å². The molecule has 4 atom stereocenters. The molecule has 0 bridgehead atoms. The summed E-state index contributed by atoms with van der Waals surface area (Å²) in [6, 6.07) is -0.361. The van der Waals surface area contributed by atoms with Crippen molar-refractivity contribution in [3.63, 3.8) is 0 Å². The minimum absolute atomic E-state index is 0.180. The third-order valence-electron chi connectivity index (χ3n) is 4.72. The lowest BCUT2D eigenvalue weighted by Gasteiger charge is -2.43. The van der Waals surface area contributed by atoms with Gasteiger partial charge in [0.05, 0.1) is 32.2 Å². The smallest absolute Gasteiger partial charge is 0.312 e. The summed E-state index contributed by atoms with van der Waals surface area (Å²) in [5.41, 5.74) is 0. The number of aliphatic hydroxyl groups excluding tert-OH is 1. The van der Waals surface area contributed by atoms with Gasteiger partial charge in [-0.2, -0.15) is 0 Å². The van der Waals surface area contributed by atoms with Crippen LogP contribution in [0.1, 0.15) is 52.4 Å². The molecule has 2 unspecified atom stereocenters. The van der Waals surface area contributed by atoms with Crippen LogP contribution in [0.2, 0.25) is 0 Å². The van der Waals surface area contributed by atoms with Crippen LogP contribution in [0.5, 0.6) is 0 Å². The van der Waals surface area contributed by atoms with Gasteiger partial charge in [0, 0.05) is 12.1 Å². The van der Waals surface area contributed by atoms with E-state index in [4.69, 9.17) is 9.47 Å². The molecule has 23 heavy (non-hydrogen) atoms. The first-order chi connectivity index (χ1) is 11.0. The first kappa shape index (κ1) is 19.9. The first-order valence-electron chi connectivity index (χ1n) is 8.61. The molecule has 1 saturated heterocycles. The highest BCUT2D eigenvalue weighted by atomic mass is 16.5. The zero-order chi connectivity index (χ0) is 17.4. The predicted molar refractivity (Wildman–Crippen MR) is 86.8 cm³/mol. The quantitative estimate of drug-likeness (QED) is 0.659. The van der Waals surface area contributed by atoms with Crippen molar-refractivity contribution in [2.45, 2.75) is 70.6 Å². The lowest BCUT2D eigenvalue weighted by atomic mass is 9.74. The number of carbonyl (C=O) groups is 2. The second-order valence-electron chi connectivity index (χ2n) is 6.25. The second-order valence-corrected chi connectivity index (χ2v) is 6.25. The summed E-state index contributed by atoms with van der Waals surface area (Å²) in [7, 11) is 2.62. The van der Waals surface area contributed by atoms with Crippen molar-refractivity contribution in [3.8, 4) is 0 Å². The molecule has 1 fully saturated rings. The van der Waals surface area contributed by atoms with Crippen LogP contribution in [0, 0.1) is 11.8 Å². The summed E-state index contributed by atoms with van der Waals surface area (Å²) < 4.78 is 9.71. The highest BCUT2D eigenvalue weighted by molar-refractivity contribution is 5.79. The Morgan fingerprint density at radius 2 is 1.30 bits per heavy atom. The molecule has 1 rings (SSSR count). The van der Waals surface area contributed by atoms with E-state index in [0.717, 1.165) is 38.5 Å². The SMILES string of the molecule is CCCC[C@H]1N[C@H](CCCC)C(C(=O)OC)C(O)C1C(=O)OC. The number of carbonyl (C=O) groups excluding carboxylic acids is 2. The Morgan fingerprint density at radius 3 is 1.61 bits per heavy atom. The maximum Gasteiger partial charge on any atom is 0.312 e. The van der Waals surface area contributed by atoms with Gasteiger partial charge >= 0.3 is 11.9 Å². The van der Waals surface area contributed by atoms with Gasteiger partial charge in [-0.15, -0.1) is 0 Å². The number of nitrogens with one attached hydrogen (secondary N) is 1. The highest BCUT2D eigenvalue weighted by Crippen LogP contribution is 2.32. The molecule has 0 amide bonds. The minimum Gasteiger partial charge on any atom is -0.469 e. The van der Waals surface area contributed by atoms with Gasteiger partial charge in [-0.1, -0.05) is 39.5 Å². The molecular formula is C17H31NO5. The summed E-state index contributed by atoms with van der Waals surface area (Å²) in [4.78, 5) is 24.3. The maximum absolute atomic E-state index is 12.2. The first-order valence-corrected chi connectivity index (χ1v) is 8.61. The van der Waals surface area contributed by atoms with Crippen LogP contribution in [0.3, 0.4) is 0 Å². The Balaban J connectivity index is 3.04. The normalized spacial score (nSPS) is 30.7. The van der Waals surface area contributed by atoms with Crippen LogP contribution < -0.4 is 5.32 Å². The van der Waals surface area contributed by atoms with E-state index in [1.165, 1.54) is 14.2 Å². The molecule has 1 aliphatic rings. The maximum atomic E-state index is 12.2. The van der Waals surface area contributed by atoms with Crippen molar-refractivity contribution < 1.29 is 24.2 Å². The molecule has 1 heterocycles. The third kappa shape index (κ3) is 4.91. The Kier molecular flexibility index (Phi) is 8.55. The fourth-order valence-electron chi connectivity index (χ4n) is 3.44. The molecule has 0 aliphatic carbocycles. The van der Waals surface area contributed by atoms with E-state index in [9.17, 15) is 14.7 Å². The fourth-order valence-corrected chi connectivity index (χ4v) is 3.44. The topological polar surface area (TPSA) is 84.9 Å². The van der Waals surface area contributed by atoms with Gasteiger partial charge in [-0.05, 0) is 12.8 Å². The standard InChI is InChI=1S/C17H31NO5/c1-5-7-9-11-13(16(20)22-3)15(19)14(17(21)23-4)12(18-11)10-8-6-2/h11-15,18-19H,5-10H2,1-4H3/t11-,12-,13?,14?,15?/m1/s1. The van der Waals surface area contributed by atoms with Crippen molar-refractivity contribution in [3.05, 3.63) is 0 Å². The Bertz CT molecular complexity index is 353. The summed E-state index contributed by atoms with van der Waals surface area (Å²) in [5.74, 6) is -2.44. The van der Waals surface area contributed by atoms with Crippen molar-refractivity contribution in [1.29, 1.82) is 0 Å². The summed E-state index contributed by atoms with van der Waals surface area (Å²) in [6.45, 7) is 4.16. The number of esters is 2. The molecule has 0 saturated carbocycles. The van der Waals surface area contributed by atoms with Crippen molar-refractivity contribution in [2.75, 3.05) is 14.2 Å². The van der Waals surface area contributed by atoms with Crippen molar-refractivity contribution >= 4 is 11.9 Å². The largest absolute Gasteiger partial charge is 0.469 e. The lowest BCUT2D eigenvalue weighted by Crippen LogP contribution is -2.63. The molecular weight excluding hydrogens is 298 g/mol. The molecule has 134 valence electrons. The number of aliphatic hydroxyl groups is 1.